The summed E-state index contributed by atoms with van der Waals surface area (Å²) >= 11 is 0. The topological polar surface area (TPSA) is 60.9 Å². The third-order valence-corrected chi connectivity index (χ3v) is 11.2. The van der Waals surface area contributed by atoms with Gasteiger partial charge in [0.1, 0.15) is 5.57 Å². The summed E-state index contributed by atoms with van der Waals surface area (Å²) in [5, 5.41) is 0. The molecule has 0 saturated carbocycles. The summed E-state index contributed by atoms with van der Waals surface area (Å²) in [5.41, 5.74) is 2.07. The molecule has 4 amide bonds. The number of carbonyl (C=O) groups is 3. The van der Waals surface area contributed by atoms with Gasteiger partial charge < -0.3 is 4.90 Å². The molecule has 1 aromatic rings. The fourth-order valence-corrected chi connectivity index (χ4v) is 7.70. The smallest absolute Gasteiger partial charge is 0.333 e. The van der Waals surface area contributed by atoms with Crippen LogP contribution in [0.5, 0.6) is 0 Å². The van der Waals surface area contributed by atoms with Crippen LogP contribution >= 0.6 is 0 Å². The number of benzene rings is 1. The molecule has 1 aliphatic heterocycles. The maximum atomic E-state index is 13.0. The van der Waals surface area contributed by atoms with E-state index in [9.17, 15) is 14.4 Å². The quantitative estimate of drug-likeness (QED) is 0.0402. The van der Waals surface area contributed by atoms with Crippen LogP contribution < -0.4 is 4.90 Å². The van der Waals surface area contributed by atoms with Crippen LogP contribution in [0, 0.1) is 0 Å². The van der Waals surface area contributed by atoms with Gasteiger partial charge in [-0.2, -0.15) is 0 Å². The van der Waals surface area contributed by atoms with Crippen LogP contribution in [0.15, 0.2) is 29.8 Å². The highest BCUT2D eigenvalue weighted by Crippen LogP contribution is 2.23. The van der Waals surface area contributed by atoms with E-state index in [-0.39, 0.29) is 18.7 Å². The molecule has 0 radical (unpaired) electrons. The van der Waals surface area contributed by atoms with Gasteiger partial charge in [0, 0.05) is 31.9 Å². The fourth-order valence-electron chi connectivity index (χ4n) is 7.70. The van der Waals surface area contributed by atoms with Crippen LogP contribution in [0.25, 0.3) is 6.08 Å². The van der Waals surface area contributed by atoms with Gasteiger partial charge in [0.25, 0.3) is 11.8 Å². The average molecular weight is 736 g/mol. The molecular weight excluding hydrogens is 655 g/mol. The summed E-state index contributed by atoms with van der Waals surface area (Å²) in [7, 11) is 0. The molecule has 1 aliphatic rings. The lowest BCUT2D eigenvalue weighted by atomic mass is 10.0. The van der Waals surface area contributed by atoms with Crippen molar-refractivity contribution in [3.8, 4) is 0 Å². The lowest BCUT2D eigenvalue weighted by Gasteiger charge is -2.32. The molecule has 0 aromatic heterocycles. The van der Waals surface area contributed by atoms with Crippen molar-refractivity contribution in [2.45, 2.75) is 207 Å². The van der Waals surface area contributed by atoms with E-state index in [1.165, 1.54) is 185 Å². The Morgan fingerprint density at radius 1 is 0.434 bits per heavy atom. The highest BCUT2D eigenvalue weighted by Gasteiger charge is 2.40. The molecule has 0 bridgehead atoms. The van der Waals surface area contributed by atoms with Crippen molar-refractivity contribution in [1.82, 2.24) is 9.80 Å². The van der Waals surface area contributed by atoms with Crippen LogP contribution in [0.2, 0.25) is 0 Å². The van der Waals surface area contributed by atoms with Gasteiger partial charge in [-0.15, -0.1) is 0 Å². The van der Waals surface area contributed by atoms with Crippen LogP contribution in [0.4, 0.5) is 10.5 Å². The maximum absolute atomic E-state index is 13.0. The number of barbiturate groups is 1. The first kappa shape index (κ1) is 46.5. The first-order chi connectivity index (χ1) is 26.0. The molecule has 1 fully saturated rings. The number of rotatable bonds is 34. The molecule has 0 atom stereocenters. The van der Waals surface area contributed by atoms with Gasteiger partial charge in [-0.05, 0) is 50.5 Å². The van der Waals surface area contributed by atoms with Crippen molar-refractivity contribution in [3.05, 3.63) is 35.4 Å². The summed E-state index contributed by atoms with van der Waals surface area (Å²) in [6.07, 6.45) is 40.0. The summed E-state index contributed by atoms with van der Waals surface area (Å²) in [6.45, 7) is 10.7. The van der Waals surface area contributed by atoms with Crippen molar-refractivity contribution in [2.24, 2.45) is 0 Å². The van der Waals surface area contributed by atoms with E-state index in [1.807, 2.05) is 12.1 Å². The number of likely N-dealkylation sites (N-methyl/N-ethyl adjacent to an activating group) is 2. The summed E-state index contributed by atoms with van der Waals surface area (Å²) in [4.78, 5) is 43.5. The molecule has 1 heterocycles. The number of amides is 4. The second kappa shape index (κ2) is 30.7. The van der Waals surface area contributed by atoms with Crippen molar-refractivity contribution in [3.63, 3.8) is 0 Å². The molecular formula is C47H81N3O3. The van der Waals surface area contributed by atoms with E-state index in [1.54, 1.807) is 19.9 Å². The van der Waals surface area contributed by atoms with Gasteiger partial charge in [0.15, 0.2) is 0 Å². The fraction of sp³-hybridized carbons (Fsp3) is 0.766. The zero-order chi connectivity index (χ0) is 38.4. The SMILES string of the molecule is CCCCCCCCCCCCCCCCN(CCCCCCCCCCCCCCCC)c1ccc(C=C2C(=O)N(CC)C(=O)N(CC)C2=O)cc1. The van der Waals surface area contributed by atoms with E-state index in [0.717, 1.165) is 28.5 Å². The summed E-state index contributed by atoms with van der Waals surface area (Å²) < 4.78 is 0. The van der Waals surface area contributed by atoms with Gasteiger partial charge >= 0.3 is 6.03 Å². The van der Waals surface area contributed by atoms with Gasteiger partial charge in [0.05, 0.1) is 0 Å². The molecule has 6 heteroatoms. The largest absolute Gasteiger partial charge is 0.372 e. The van der Waals surface area contributed by atoms with Gasteiger partial charge in [-0.1, -0.05) is 193 Å². The van der Waals surface area contributed by atoms with Crippen LogP contribution in [0.1, 0.15) is 213 Å². The summed E-state index contributed by atoms with van der Waals surface area (Å²) in [6, 6.07) is 7.76. The van der Waals surface area contributed by atoms with E-state index < -0.39 is 17.8 Å². The summed E-state index contributed by atoms with van der Waals surface area (Å²) in [5.74, 6) is -1.01. The minimum atomic E-state index is -0.528. The molecule has 6 nitrogen and oxygen atoms in total. The van der Waals surface area contributed by atoms with E-state index in [0.29, 0.717) is 0 Å². The van der Waals surface area contributed by atoms with Crippen molar-refractivity contribution in [2.75, 3.05) is 31.1 Å². The average Bonchev–Trinajstić information content (AvgIpc) is 3.16. The van der Waals surface area contributed by atoms with Gasteiger partial charge in [0.2, 0.25) is 0 Å². The standard InChI is InChI=1S/C47H81N3O3/c1-5-9-11-13-15-17-19-21-23-25-27-29-31-33-39-48(40-34-32-30-28-26-24-22-20-18-16-14-12-10-6-2)43-37-35-42(36-38-43)41-44-45(51)49(7-3)47(53)50(8-4)46(44)52/h35-38,41H,5-34,39-40H2,1-4H3. The number of unbranched alkanes of at least 4 members (excludes halogenated alkanes) is 26. The van der Waals surface area contributed by atoms with Crippen molar-refractivity contribution in [1.29, 1.82) is 0 Å². The molecule has 0 unspecified atom stereocenters. The third-order valence-electron chi connectivity index (χ3n) is 11.2. The Kier molecular flexibility index (Phi) is 26.9. The first-order valence-corrected chi connectivity index (χ1v) is 22.7. The highest BCUT2D eigenvalue weighted by molar-refractivity contribution is 6.30. The predicted molar refractivity (Wildman–Crippen MR) is 227 cm³/mol. The maximum Gasteiger partial charge on any atom is 0.333 e. The van der Waals surface area contributed by atoms with E-state index >= 15 is 0 Å². The minimum Gasteiger partial charge on any atom is -0.372 e. The van der Waals surface area contributed by atoms with E-state index in [2.05, 4.69) is 30.9 Å². The molecule has 1 saturated heterocycles. The third kappa shape index (κ3) is 19.5. The zero-order valence-electron chi connectivity index (χ0n) is 35.1. The van der Waals surface area contributed by atoms with E-state index in [4.69, 9.17) is 0 Å². The second-order valence-electron chi connectivity index (χ2n) is 15.7. The number of imide groups is 2. The second-order valence-corrected chi connectivity index (χ2v) is 15.7. The molecule has 0 spiro atoms. The monoisotopic (exact) mass is 736 g/mol. The molecule has 0 aliphatic carbocycles. The van der Waals surface area contributed by atoms with Crippen molar-refractivity contribution < 1.29 is 14.4 Å². The minimum absolute atomic E-state index is 0.0581. The van der Waals surface area contributed by atoms with Gasteiger partial charge in [-0.25, -0.2) is 4.79 Å². The molecule has 302 valence electrons. The Bertz CT molecular complexity index is 1070. The lowest BCUT2D eigenvalue weighted by molar-refractivity contribution is -0.135. The predicted octanol–water partition coefficient (Wildman–Crippen LogP) is 13.7. The first-order valence-electron chi connectivity index (χ1n) is 22.7. The number of carbonyl (C=O) groups excluding carboxylic acids is 3. The van der Waals surface area contributed by atoms with Crippen molar-refractivity contribution >= 4 is 29.6 Å². The number of hydrogen-bond donors (Lipinski definition) is 0. The number of nitrogens with zero attached hydrogens (tertiary/aromatic N) is 3. The molecule has 1 aromatic carbocycles. The van der Waals surface area contributed by atoms with Crippen LogP contribution in [-0.4, -0.2) is 53.8 Å². The number of urea groups is 1. The molecule has 2 rings (SSSR count). The normalized spacial score (nSPS) is 13.4. The van der Waals surface area contributed by atoms with Gasteiger partial charge in [-0.3, -0.25) is 19.4 Å². The molecule has 53 heavy (non-hydrogen) atoms. The Balaban J connectivity index is 1.82. The number of anilines is 1. The van der Waals surface area contributed by atoms with Crippen LogP contribution in [0.3, 0.4) is 0 Å². The zero-order valence-corrected chi connectivity index (χ0v) is 35.1. The lowest BCUT2D eigenvalue weighted by Crippen LogP contribution is -2.56. The Morgan fingerprint density at radius 2 is 0.736 bits per heavy atom. The van der Waals surface area contributed by atoms with Crippen LogP contribution in [-0.2, 0) is 9.59 Å². The Morgan fingerprint density at radius 3 is 1.04 bits per heavy atom. The number of hydrogen-bond acceptors (Lipinski definition) is 4. The Labute approximate surface area is 326 Å². The molecule has 0 N–H and O–H groups in total. The Hall–Kier alpha value is -2.63. The highest BCUT2D eigenvalue weighted by atomic mass is 16.2.